The summed E-state index contributed by atoms with van der Waals surface area (Å²) in [6, 6.07) is 18.1. The second-order valence-corrected chi connectivity index (χ2v) is 7.02. The van der Waals surface area contributed by atoms with E-state index in [2.05, 4.69) is 21.8 Å². The molecule has 0 saturated carbocycles. The molecule has 4 aromatic rings. The second-order valence-electron chi connectivity index (χ2n) is 6.65. The van der Waals surface area contributed by atoms with Crippen LogP contribution < -0.4 is 0 Å². The summed E-state index contributed by atoms with van der Waals surface area (Å²) in [5.74, 6) is 0.809. The molecule has 6 nitrogen and oxygen atoms in total. The first-order valence-corrected chi connectivity index (χ1v) is 9.94. The van der Waals surface area contributed by atoms with Crippen molar-refractivity contribution < 1.29 is 0 Å². The van der Waals surface area contributed by atoms with E-state index in [1.807, 2.05) is 76.2 Å². The number of pyridine rings is 2. The third-order valence-electron chi connectivity index (χ3n) is 4.73. The predicted octanol–water partition coefficient (Wildman–Crippen LogP) is 4.34. The highest BCUT2D eigenvalue weighted by Gasteiger charge is 2.16. The second kappa shape index (κ2) is 8.89. The van der Waals surface area contributed by atoms with Gasteiger partial charge in [0, 0.05) is 42.6 Å². The Morgan fingerprint density at radius 3 is 2.21 bits per heavy atom. The molecule has 146 valence electrons. The summed E-state index contributed by atoms with van der Waals surface area (Å²) in [4.78, 5) is 10.5. The molecule has 0 radical (unpaired) electrons. The number of aromatic nitrogens is 5. The van der Waals surface area contributed by atoms with Crippen LogP contribution in [0.2, 0.25) is 0 Å². The Bertz CT molecular complexity index is 1110. The zero-order valence-corrected chi connectivity index (χ0v) is 17.0. The molecule has 0 saturated heterocycles. The summed E-state index contributed by atoms with van der Waals surface area (Å²) in [7, 11) is 0. The van der Waals surface area contributed by atoms with Crippen LogP contribution in [0, 0.1) is 4.77 Å². The topological polar surface area (TPSA) is 51.8 Å². The first kappa shape index (κ1) is 19.2. The van der Waals surface area contributed by atoms with E-state index < -0.39 is 0 Å². The molecule has 0 fully saturated rings. The van der Waals surface area contributed by atoms with Crippen LogP contribution >= 0.6 is 12.2 Å². The quantitative estimate of drug-likeness (QED) is 0.431. The Hall–Kier alpha value is -3.16. The molecule has 4 rings (SSSR count). The molecular formula is C22H22N6S. The smallest absolute Gasteiger partial charge is 0.204 e. The molecule has 0 spiro atoms. The highest BCUT2D eigenvalue weighted by atomic mass is 32.1. The molecular weight excluding hydrogens is 380 g/mol. The van der Waals surface area contributed by atoms with Gasteiger partial charge in [0.25, 0.3) is 0 Å². The number of rotatable bonds is 7. The lowest BCUT2D eigenvalue weighted by molar-refractivity contribution is 0.207. The number of benzene rings is 1. The fourth-order valence-electron chi connectivity index (χ4n) is 3.20. The van der Waals surface area contributed by atoms with Gasteiger partial charge in [-0.2, -0.15) is 0 Å². The van der Waals surface area contributed by atoms with Crippen molar-refractivity contribution in [3.05, 3.63) is 89.7 Å². The van der Waals surface area contributed by atoms with Gasteiger partial charge in [-0.1, -0.05) is 25.1 Å². The normalized spacial score (nSPS) is 11.1. The third-order valence-corrected chi connectivity index (χ3v) is 5.12. The van der Waals surface area contributed by atoms with E-state index in [9.17, 15) is 0 Å². The minimum Gasteiger partial charge on any atom is -0.280 e. The molecule has 0 unspecified atom stereocenters. The Morgan fingerprint density at radius 2 is 1.55 bits per heavy atom. The number of hydrogen-bond donors (Lipinski definition) is 0. The first-order chi connectivity index (χ1) is 14.3. The fourth-order valence-corrected chi connectivity index (χ4v) is 3.49. The van der Waals surface area contributed by atoms with Gasteiger partial charge in [0.1, 0.15) is 0 Å². The van der Waals surface area contributed by atoms with Gasteiger partial charge in [0.05, 0.1) is 6.67 Å². The van der Waals surface area contributed by atoms with Gasteiger partial charge >= 0.3 is 0 Å². The van der Waals surface area contributed by atoms with Crippen LogP contribution in [0.1, 0.15) is 12.5 Å². The Morgan fingerprint density at radius 1 is 0.897 bits per heavy atom. The summed E-state index contributed by atoms with van der Waals surface area (Å²) < 4.78 is 4.57. The first-order valence-electron chi connectivity index (χ1n) is 9.53. The molecule has 29 heavy (non-hydrogen) atoms. The summed E-state index contributed by atoms with van der Waals surface area (Å²) in [6.45, 7) is 4.44. The van der Waals surface area contributed by atoms with Gasteiger partial charge in [-0.25, -0.2) is 4.68 Å². The highest BCUT2D eigenvalue weighted by Crippen LogP contribution is 2.22. The maximum atomic E-state index is 5.84. The summed E-state index contributed by atoms with van der Waals surface area (Å²) in [5, 5.41) is 4.88. The molecule has 1 aromatic carbocycles. The van der Waals surface area contributed by atoms with Crippen molar-refractivity contribution in [2.45, 2.75) is 20.1 Å². The zero-order chi connectivity index (χ0) is 20.1. The van der Waals surface area contributed by atoms with E-state index in [1.54, 1.807) is 12.4 Å². The minimum atomic E-state index is 0.607. The molecule has 7 heteroatoms. The van der Waals surface area contributed by atoms with Gasteiger partial charge in [0.2, 0.25) is 4.77 Å². The molecule has 3 aromatic heterocycles. The molecule has 0 aliphatic heterocycles. The van der Waals surface area contributed by atoms with Crippen molar-refractivity contribution in [2.75, 3.05) is 6.54 Å². The van der Waals surface area contributed by atoms with Crippen molar-refractivity contribution in [1.29, 1.82) is 0 Å². The van der Waals surface area contributed by atoms with E-state index >= 15 is 0 Å². The molecule has 0 amide bonds. The van der Waals surface area contributed by atoms with Gasteiger partial charge < -0.3 is 0 Å². The van der Waals surface area contributed by atoms with Crippen LogP contribution in [-0.2, 0) is 13.2 Å². The van der Waals surface area contributed by atoms with Crippen LogP contribution in [0.4, 0.5) is 0 Å². The molecule has 0 aliphatic carbocycles. The summed E-state index contributed by atoms with van der Waals surface area (Å²) in [6.07, 6.45) is 7.18. The van der Waals surface area contributed by atoms with Crippen molar-refractivity contribution in [3.8, 4) is 17.1 Å². The monoisotopic (exact) mass is 402 g/mol. The Kier molecular flexibility index (Phi) is 5.88. The SMILES string of the molecule is CCN(Cc1ccncc1)Cn1nc(-c2ccncc2)n(-c2ccccc2)c1=S. The minimum absolute atomic E-state index is 0.607. The average molecular weight is 403 g/mol. The largest absolute Gasteiger partial charge is 0.280 e. The highest BCUT2D eigenvalue weighted by molar-refractivity contribution is 7.71. The van der Waals surface area contributed by atoms with E-state index in [0.717, 1.165) is 30.2 Å². The molecule has 0 aliphatic rings. The van der Waals surface area contributed by atoms with E-state index in [1.165, 1.54) is 5.56 Å². The van der Waals surface area contributed by atoms with Gasteiger partial charge in [-0.15, -0.1) is 5.10 Å². The summed E-state index contributed by atoms with van der Waals surface area (Å²) in [5.41, 5.74) is 3.18. The molecule has 3 heterocycles. The van der Waals surface area contributed by atoms with Gasteiger partial charge in [-0.3, -0.25) is 19.4 Å². The molecule has 0 N–H and O–H groups in total. The molecule has 0 atom stereocenters. The van der Waals surface area contributed by atoms with Crippen molar-refractivity contribution in [3.63, 3.8) is 0 Å². The summed E-state index contributed by atoms with van der Waals surface area (Å²) >= 11 is 5.84. The van der Waals surface area contributed by atoms with Crippen LogP contribution in [0.15, 0.2) is 79.4 Å². The van der Waals surface area contributed by atoms with Crippen LogP contribution in [0.3, 0.4) is 0 Å². The Labute approximate surface area is 175 Å². The lowest BCUT2D eigenvalue weighted by Gasteiger charge is -2.20. The maximum absolute atomic E-state index is 5.84. The maximum Gasteiger partial charge on any atom is 0.204 e. The van der Waals surface area contributed by atoms with Crippen molar-refractivity contribution in [1.82, 2.24) is 29.2 Å². The van der Waals surface area contributed by atoms with E-state index in [-0.39, 0.29) is 0 Å². The number of hydrogen-bond acceptors (Lipinski definition) is 5. The Balaban J connectivity index is 1.72. The van der Waals surface area contributed by atoms with E-state index in [4.69, 9.17) is 17.3 Å². The van der Waals surface area contributed by atoms with Gasteiger partial charge in [0.15, 0.2) is 5.82 Å². The lowest BCUT2D eigenvalue weighted by Crippen LogP contribution is -2.26. The number of nitrogens with zero attached hydrogens (tertiary/aromatic N) is 6. The molecule has 0 bridgehead atoms. The van der Waals surface area contributed by atoms with Crippen LogP contribution in [-0.4, -0.2) is 35.8 Å². The third kappa shape index (κ3) is 4.31. The zero-order valence-electron chi connectivity index (χ0n) is 16.2. The van der Waals surface area contributed by atoms with Gasteiger partial charge in [-0.05, 0) is 60.7 Å². The van der Waals surface area contributed by atoms with Crippen molar-refractivity contribution >= 4 is 12.2 Å². The fraction of sp³-hybridized carbons (Fsp3) is 0.182. The predicted molar refractivity (Wildman–Crippen MR) is 116 cm³/mol. The standard InChI is InChI=1S/C22H22N6S/c1-2-26(16-18-8-12-23-13-9-18)17-27-22(29)28(20-6-4-3-5-7-20)21(25-27)19-10-14-24-15-11-19/h3-15H,2,16-17H2,1H3. The van der Waals surface area contributed by atoms with E-state index in [0.29, 0.717) is 11.4 Å². The number of para-hydroxylation sites is 1. The van der Waals surface area contributed by atoms with Crippen molar-refractivity contribution in [2.24, 2.45) is 0 Å². The van der Waals surface area contributed by atoms with Crippen LogP contribution in [0.25, 0.3) is 17.1 Å². The lowest BCUT2D eigenvalue weighted by atomic mass is 10.2. The average Bonchev–Trinajstić information content (AvgIpc) is 3.11. The van der Waals surface area contributed by atoms with Crippen LogP contribution in [0.5, 0.6) is 0 Å².